The molecule has 0 fully saturated rings. The van der Waals surface area contributed by atoms with Crippen LogP contribution in [0.5, 0.6) is 0 Å². The largest absolute Gasteiger partial charge is 0.389 e. The third-order valence-electron chi connectivity index (χ3n) is 3.63. The first-order valence-corrected chi connectivity index (χ1v) is 7.17. The Morgan fingerprint density at radius 1 is 1.16 bits per heavy atom. The van der Waals surface area contributed by atoms with E-state index in [1.807, 2.05) is 12.1 Å². The fraction of sp³-hybridized carbons (Fsp3) is 0.625. The summed E-state index contributed by atoms with van der Waals surface area (Å²) < 4.78 is 5.21. The Morgan fingerprint density at radius 3 is 2.16 bits per heavy atom. The van der Waals surface area contributed by atoms with Gasteiger partial charge in [0.15, 0.2) is 0 Å². The molecule has 1 rings (SSSR count). The van der Waals surface area contributed by atoms with E-state index in [0.717, 1.165) is 31.6 Å². The van der Waals surface area contributed by atoms with Crippen molar-refractivity contribution in [2.45, 2.75) is 45.8 Å². The summed E-state index contributed by atoms with van der Waals surface area (Å²) in [5.41, 5.74) is 2.16. The molecule has 0 aliphatic carbocycles. The Hall–Kier alpha value is -1.06. The summed E-state index contributed by atoms with van der Waals surface area (Å²) in [7, 11) is 1.74. The maximum atomic E-state index is 9.56. The van der Waals surface area contributed by atoms with Crippen LogP contribution in [0.25, 0.3) is 0 Å². The Balaban J connectivity index is 2.89. The summed E-state index contributed by atoms with van der Waals surface area (Å²) in [5, 5.41) is 9.56. The summed E-state index contributed by atoms with van der Waals surface area (Å²) in [5.74, 6) is 0. The first kappa shape index (κ1) is 16.0. The normalized spacial score (nSPS) is 12.7. The molecule has 3 nitrogen and oxygen atoms in total. The second-order valence-corrected chi connectivity index (χ2v) is 4.92. The highest BCUT2D eigenvalue weighted by Crippen LogP contribution is 2.23. The lowest BCUT2D eigenvalue weighted by molar-refractivity contribution is 0.199. The zero-order chi connectivity index (χ0) is 14.3. The van der Waals surface area contributed by atoms with Crippen LogP contribution in [0.15, 0.2) is 24.3 Å². The van der Waals surface area contributed by atoms with Crippen molar-refractivity contribution < 1.29 is 9.84 Å². The van der Waals surface area contributed by atoms with Crippen LogP contribution in [0.3, 0.4) is 0 Å². The van der Waals surface area contributed by atoms with Crippen molar-refractivity contribution in [1.82, 2.24) is 0 Å². The van der Waals surface area contributed by atoms with Crippen molar-refractivity contribution in [2.75, 3.05) is 25.2 Å². The molecule has 0 radical (unpaired) electrons. The minimum absolute atomic E-state index is 0.408. The smallest absolute Gasteiger partial charge is 0.0761 e. The summed E-state index contributed by atoms with van der Waals surface area (Å²) in [6.45, 7) is 7.86. The molecule has 1 N–H and O–H groups in total. The van der Waals surface area contributed by atoms with E-state index >= 15 is 0 Å². The molecule has 108 valence electrons. The van der Waals surface area contributed by atoms with Crippen LogP contribution in [-0.2, 0) is 4.74 Å². The number of hydrogen-bond donors (Lipinski definition) is 1. The van der Waals surface area contributed by atoms with E-state index in [9.17, 15) is 5.11 Å². The number of aliphatic hydroxyl groups is 1. The van der Waals surface area contributed by atoms with Gasteiger partial charge in [-0.05, 0) is 37.5 Å². The number of methoxy groups -OCH3 is 1. The fourth-order valence-electron chi connectivity index (χ4n) is 2.39. The molecule has 3 heteroatoms. The molecule has 0 heterocycles. The lowest BCUT2D eigenvalue weighted by Gasteiger charge is -2.32. The van der Waals surface area contributed by atoms with E-state index in [1.54, 1.807) is 14.0 Å². The maximum absolute atomic E-state index is 9.56. The van der Waals surface area contributed by atoms with Gasteiger partial charge in [-0.25, -0.2) is 0 Å². The molecule has 1 unspecified atom stereocenters. The van der Waals surface area contributed by atoms with Gasteiger partial charge in [0.25, 0.3) is 0 Å². The number of rotatable bonds is 8. The summed E-state index contributed by atoms with van der Waals surface area (Å²) in [4.78, 5) is 2.40. The molecule has 1 aromatic carbocycles. The summed E-state index contributed by atoms with van der Waals surface area (Å²) in [6, 6.07) is 8.73. The quantitative estimate of drug-likeness (QED) is 0.782. The molecule has 0 aromatic heterocycles. The lowest BCUT2D eigenvalue weighted by atomic mass is 10.1. The average molecular weight is 265 g/mol. The number of benzene rings is 1. The first-order chi connectivity index (χ1) is 9.13. The van der Waals surface area contributed by atoms with Crippen molar-refractivity contribution >= 4 is 5.69 Å². The Labute approximate surface area is 117 Å². The molecule has 0 spiro atoms. The number of anilines is 1. The molecule has 0 aliphatic rings. The van der Waals surface area contributed by atoms with Gasteiger partial charge in [-0.1, -0.05) is 26.0 Å². The molecule has 19 heavy (non-hydrogen) atoms. The highest BCUT2D eigenvalue weighted by molar-refractivity contribution is 5.49. The fourth-order valence-corrected chi connectivity index (χ4v) is 2.39. The second-order valence-electron chi connectivity index (χ2n) is 4.92. The van der Waals surface area contributed by atoms with Gasteiger partial charge in [0.1, 0.15) is 0 Å². The standard InChI is InChI=1S/C16H27NO2/c1-5-15(6-2)17(11-12-19-4)16-9-7-14(8-10-16)13(3)18/h7-10,13,15,18H,5-6,11-12H2,1-4H3. The van der Waals surface area contributed by atoms with Crippen molar-refractivity contribution in [2.24, 2.45) is 0 Å². The van der Waals surface area contributed by atoms with Gasteiger partial charge in [-0.2, -0.15) is 0 Å². The predicted octanol–water partition coefficient (Wildman–Crippen LogP) is 3.38. The zero-order valence-electron chi connectivity index (χ0n) is 12.6. The van der Waals surface area contributed by atoms with Crippen LogP contribution in [-0.4, -0.2) is 31.4 Å². The van der Waals surface area contributed by atoms with E-state index in [-0.39, 0.29) is 0 Å². The molecule has 0 amide bonds. The minimum atomic E-state index is -0.408. The number of hydrogen-bond acceptors (Lipinski definition) is 3. The van der Waals surface area contributed by atoms with Crippen molar-refractivity contribution in [3.05, 3.63) is 29.8 Å². The van der Waals surface area contributed by atoms with Gasteiger partial charge < -0.3 is 14.7 Å². The minimum Gasteiger partial charge on any atom is -0.389 e. The molecule has 0 saturated carbocycles. The number of ether oxygens (including phenoxy) is 1. The van der Waals surface area contributed by atoms with E-state index < -0.39 is 6.10 Å². The third kappa shape index (κ3) is 4.51. The average Bonchev–Trinajstić information content (AvgIpc) is 2.43. The first-order valence-electron chi connectivity index (χ1n) is 7.17. The molecular weight excluding hydrogens is 238 g/mol. The van der Waals surface area contributed by atoms with E-state index in [4.69, 9.17) is 4.74 Å². The Morgan fingerprint density at radius 2 is 1.74 bits per heavy atom. The van der Waals surface area contributed by atoms with Crippen molar-refractivity contribution in [3.8, 4) is 0 Å². The molecule has 1 atom stereocenters. The zero-order valence-corrected chi connectivity index (χ0v) is 12.6. The molecule has 0 aliphatic heterocycles. The van der Waals surface area contributed by atoms with Gasteiger partial charge >= 0.3 is 0 Å². The van der Waals surface area contributed by atoms with Crippen molar-refractivity contribution in [3.63, 3.8) is 0 Å². The molecule has 0 bridgehead atoms. The monoisotopic (exact) mass is 265 g/mol. The van der Waals surface area contributed by atoms with Crippen LogP contribution >= 0.6 is 0 Å². The molecule has 0 saturated heterocycles. The summed E-state index contributed by atoms with van der Waals surface area (Å²) >= 11 is 0. The van der Waals surface area contributed by atoms with Crippen LogP contribution in [0.1, 0.15) is 45.3 Å². The van der Waals surface area contributed by atoms with E-state index in [1.165, 1.54) is 5.69 Å². The predicted molar refractivity (Wildman–Crippen MR) is 80.7 cm³/mol. The number of nitrogens with zero attached hydrogens (tertiary/aromatic N) is 1. The van der Waals surface area contributed by atoms with Crippen LogP contribution in [0, 0.1) is 0 Å². The molecule has 1 aromatic rings. The van der Waals surface area contributed by atoms with Crippen molar-refractivity contribution in [1.29, 1.82) is 0 Å². The van der Waals surface area contributed by atoms with Gasteiger partial charge in [0, 0.05) is 25.4 Å². The van der Waals surface area contributed by atoms with Gasteiger partial charge in [0.05, 0.1) is 12.7 Å². The highest BCUT2D eigenvalue weighted by atomic mass is 16.5. The lowest BCUT2D eigenvalue weighted by Crippen LogP contribution is -2.37. The summed E-state index contributed by atoms with van der Waals surface area (Å²) in [6.07, 6.45) is 1.84. The van der Waals surface area contributed by atoms with Gasteiger partial charge in [0.2, 0.25) is 0 Å². The van der Waals surface area contributed by atoms with Crippen LogP contribution in [0.4, 0.5) is 5.69 Å². The number of aliphatic hydroxyl groups excluding tert-OH is 1. The Bertz CT molecular complexity index is 344. The maximum Gasteiger partial charge on any atom is 0.0761 e. The van der Waals surface area contributed by atoms with Gasteiger partial charge in [-0.3, -0.25) is 0 Å². The van der Waals surface area contributed by atoms with E-state index in [0.29, 0.717) is 6.04 Å². The van der Waals surface area contributed by atoms with Crippen LogP contribution in [0.2, 0.25) is 0 Å². The van der Waals surface area contributed by atoms with Crippen LogP contribution < -0.4 is 4.90 Å². The Kier molecular flexibility index (Phi) is 6.89. The topological polar surface area (TPSA) is 32.7 Å². The third-order valence-corrected chi connectivity index (χ3v) is 3.63. The van der Waals surface area contributed by atoms with E-state index in [2.05, 4.69) is 30.9 Å². The second kappa shape index (κ2) is 8.18. The SMILES string of the molecule is CCC(CC)N(CCOC)c1ccc(C(C)O)cc1. The van der Waals surface area contributed by atoms with Gasteiger partial charge in [-0.15, -0.1) is 0 Å². The molecular formula is C16H27NO2. The highest BCUT2D eigenvalue weighted by Gasteiger charge is 2.15.